The second kappa shape index (κ2) is 4.13. The minimum atomic E-state index is 0.0124. The standard InChI is InChI=1S/C11H13N3O/c1-14-8-7-10(11(14)15)13-12-9-5-3-2-4-6-9/h2-6,12H,7-8H2,1H3/b13-10-. The second-order valence-corrected chi connectivity index (χ2v) is 3.51. The molecule has 4 nitrogen and oxygen atoms in total. The van der Waals surface area contributed by atoms with Crippen LogP contribution in [0.4, 0.5) is 5.69 Å². The molecule has 78 valence electrons. The van der Waals surface area contributed by atoms with Crippen LogP contribution in [-0.2, 0) is 4.79 Å². The van der Waals surface area contributed by atoms with Gasteiger partial charge in [0, 0.05) is 20.0 Å². The van der Waals surface area contributed by atoms with Gasteiger partial charge in [0.1, 0.15) is 5.71 Å². The van der Waals surface area contributed by atoms with Crippen molar-refractivity contribution in [3.8, 4) is 0 Å². The lowest BCUT2D eigenvalue weighted by atomic mass is 10.3. The minimum Gasteiger partial charge on any atom is -0.340 e. The molecule has 1 saturated heterocycles. The highest BCUT2D eigenvalue weighted by Crippen LogP contribution is 2.08. The number of nitrogens with one attached hydrogen (secondary N) is 1. The van der Waals surface area contributed by atoms with Gasteiger partial charge in [-0.25, -0.2) is 0 Å². The summed E-state index contributed by atoms with van der Waals surface area (Å²) in [6, 6.07) is 9.60. The van der Waals surface area contributed by atoms with Crippen LogP contribution in [0, 0.1) is 0 Å². The van der Waals surface area contributed by atoms with E-state index in [0.717, 1.165) is 18.7 Å². The van der Waals surface area contributed by atoms with Crippen molar-refractivity contribution in [3.63, 3.8) is 0 Å². The molecule has 0 atom stereocenters. The molecule has 0 unspecified atom stereocenters. The van der Waals surface area contributed by atoms with Gasteiger partial charge in [-0.05, 0) is 12.1 Å². The van der Waals surface area contributed by atoms with Crippen molar-refractivity contribution in [2.24, 2.45) is 5.10 Å². The highest BCUT2D eigenvalue weighted by molar-refractivity contribution is 6.40. The van der Waals surface area contributed by atoms with Crippen LogP contribution in [0.15, 0.2) is 35.4 Å². The molecule has 0 aliphatic carbocycles. The highest BCUT2D eigenvalue weighted by Gasteiger charge is 2.23. The van der Waals surface area contributed by atoms with Crippen molar-refractivity contribution in [3.05, 3.63) is 30.3 Å². The number of anilines is 1. The smallest absolute Gasteiger partial charge is 0.269 e. The van der Waals surface area contributed by atoms with Gasteiger partial charge >= 0.3 is 0 Å². The Hall–Kier alpha value is -1.84. The first kappa shape index (κ1) is 9.71. The molecule has 1 amide bonds. The first-order valence-corrected chi connectivity index (χ1v) is 4.90. The number of hydrogen-bond donors (Lipinski definition) is 1. The Labute approximate surface area is 88.6 Å². The average molecular weight is 203 g/mol. The van der Waals surface area contributed by atoms with Crippen LogP contribution >= 0.6 is 0 Å². The van der Waals surface area contributed by atoms with E-state index in [1.165, 1.54) is 0 Å². The predicted octanol–water partition coefficient (Wildman–Crippen LogP) is 1.32. The maximum absolute atomic E-state index is 11.5. The van der Waals surface area contributed by atoms with Crippen LogP contribution in [0.2, 0.25) is 0 Å². The van der Waals surface area contributed by atoms with Crippen LogP contribution < -0.4 is 5.43 Å². The van der Waals surface area contributed by atoms with E-state index in [9.17, 15) is 4.79 Å². The number of rotatable bonds is 2. The average Bonchev–Trinajstić information content (AvgIpc) is 2.59. The van der Waals surface area contributed by atoms with Crippen LogP contribution in [0.3, 0.4) is 0 Å². The Kier molecular flexibility index (Phi) is 2.67. The Balaban J connectivity index is 2.04. The summed E-state index contributed by atoms with van der Waals surface area (Å²) in [5.41, 5.74) is 4.37. The molecular weight excluding hydrogens is 190 g/mol. The number of hydrazone groups is 1. The minimum absolute atomic E-state index is 0.0124. The molecule has 0 saturated carbocycles. The maximum atomic E-state index is 11.5. The van der Waals surface area contributed by atoms with Gasteiger partial charge in [-0.15, -0.1) is 0 Å². The number of nitrogens with zero attached hydrogens (tertiary/aromatic N) is 2. The van der Waals surface area contributed by atoms with E-state index in [0.29, 0.717) is 5.71 Å². The molecule has 0 aromatic heterocycles. The molecule has 0 bridgehead atoms. The summed E-state index contributed by atoms with van der Waals surface area (Å²) in [4.78, 5) is 13.2. The quantitative estimate of drug-likeness (QED) is 0.737. The topological polar surface area (TPSA) is 44.7 Å². The molecule has 4 heteroatoms. The summed E-state index contributed by atoms with van der Waals surface area (Å²) >= 11 is 0. The van der Waals surface area contributed by atoms with Gasteiger partial charge in [-0.1, -0.05) is 18.2 Å². The SMILES string of the molecule is CN1CC/C(=N/Nc2ccccc2)C1=O. The molecular formula is C11H13N3O. The molecule has 1 fully saturated rings. The summed E-state index contributed by atoms with van der Waals surface area (Å²) in [6.07, 6.45) is 0.717. The van der Waals surface area contributed by atoms with Crippen molar-refractivity contribution >= 4 is 17.3 Å². The van der Waals surface area contributed by atoms with E-state index in [-0.39, 0.29) is 5.91 Å². The number of carbonyl (C=O) groups excluding carboxylic acids is 1. The first-order chi connectivity index (χ1) is 7.27. The number of hydrogen-bond acceptors (Lipinski definition) is 3. The van der Waals surface area contributed by atoms with E-state index < -0.39 is 0 Å². The van der Waals surface area contributed by atoms with Gasteiger partial charge < -0.3 is 4.90 Å². The van der Waals surface area contributed by atoms with E-state index in [1.54, 1.807) is 11.9 Å². The molecule has 1 aromatic carbocycles. The van der Waals surface area contributed by atoms with Crippen LogP contribution in [-0.4, -0.2) is 30.1 Å². The molecule has 1 aliphatic rings. The Morgan fingerprint density at radius 2 is 2.07 bits per heavy atom. The summed E-state index contributed by atoms with van der Waals surface area (Å²) in [6.45, 7) is 0.758. The van der Waals surface area contributed by atoms with Crippen molar-refractivity contribution in [2.75, 3.05) is 19.0 Å². The zero-order valence-corrected chi connectivity index (χ0v) is 8.60. The van der Waals surface area contributed by atoms with Gasteiger partial charge in [0.2, 0.25) is 0 Å². The van der Waals surface area contributed by atoms with Crippen LogP contribution in [0.25, 0.3) is 0 Å². The van der Waals surface area contributed by atoms with Gasteiger partial charge in [0.05, 0.1) is 5.69 Å². The van der Waals surface area contributed by atoms with Crippen molar-refractivity contribution in [1.29, 1.82) is 0 Å². The molecule has 15 heavy (non-hydrogen) atoms. The lowest BCUT2D eigenvalue weighted by Crippen LogP contribution is -2.23. The van der Waals surface area contributed by atoms with Gasteiger partial charge in [0.25, 0.3) is 5.91 Å². The van der Waals surface area contributed by atoms with Crippen molar-refractivity contribution < 1.29 is 4.79 Å². The third kappa shape index (κ3) is 2.15. The number of para-hydroxylation sites is 1. The number of likely N-dealkylation sites (tertiary alicyclic amines) is 1. The monoisotopic (exact) mass is 203 g/mol. The number of benzene rings is 1. The third-order valence-electron chi connectivity index (χ3n) is 2.37. The van der Waals surface area contributed by atoms with Crippen molar-refractivity contribution in [2.45, 2.75) is 6.42 Å². The van der Waals surface area contributed by atoms with Crippen LogP contribution in [0.5, 0.6) is 0 Å². The summed E-state index contributed by atoms with van der Waals surface area (Å²) in [7, 11) is 1.79. The number of carbonyl (C=O) groups is 1. The third-order valence-corrected chi connectivity index (χ3v) is 2.37. The van der Waals surface area contributed by atoms with Crippen LogP contribution in [0.1, 0.15) is 6.42 Å². The molecule has 1 N–H and O–H groups in total. The van der Waals surface area contributed by atoms with E-state index >= 15 is 0 Å². The fourth-order valence-electron chi connectivity index (χ4n) is 1.45. The molecule has 1 aromatic rings. The van der Waals surface area contributed by atoms with Crippen molar-refractivity contribution in [1.82, 2.24) is 4.90 Å². The van der Waals surface area contributed by atoms with Gasteiger partial charge in [-0.3, -0.25) is 10.2 Å². The Morgan fingerprint density at radius 3 is 2.67 bits per heavy atom. The summed E-state index contributed by atoms with van der Waals surface area (Å²) < 4.78 is 0. The first-order valence-electron chi connectivity index (χ1n) is 4.90. The molecule has 0 radical (unpaired) electrons. The normalized spacial score (nSPS) is 18.6. The van der Waals surface area contributed by atoms with E-state index in [1.807, 2.05) is 30.3 Å². The molecule has 2 rings (SSSR count). The zero-order valence-electron chi connectivity index (χ0n) is 8.60. The molecule has 1 aliphatic heterocycles. The fourth-order valence-corrected chi connectivity index (χ4v) is 1.45. The van der Waals surface area contributed by atoms with Gasteiger partial charge in [0.15, 0.2) is 0 Å². The Bertz CT molecular complexity index is 386. The Morgan fingerprint density at radius 1 is 1.33 bits per heavy atom. The summed E-state index contributed by atoms with van der Waals surface area (Å²) in [5.74, 6) is 0.0124. The van der Waals surface area contributed by atoms with E-state index in [4.69, 9.17) is 0 Å². The maximum Gasteiger partial charge on any atom is 0.269 e. The lowest BCUT2D eigenvalue weighted by Gasteiger charge is -2.04. The second-order valence-electron chi connectivity index (χ2n) is 3.51. The van der Waals surface area contributed by atoms with E-state index in [2.05, 4.69) is 10.5 Å². The largest absolute Gasteiger partial charge is 0.340 e. The molecule has 0 spiro atoms. The number of amides is 1. The lowest BCUT2D eigenvalue weighted by molar-refractivity contribution is -0.121. The zero-order chi connectivity index (χ0) is 10.7. The summed E-state index contributed by atoms with van der Waals surface area (Å²) in [5, 5.41) is 4.10. The highest BCUT2D eigenvalue weighted by atomic mass is 16.2. The van der Waals surface area contributed by atoms with Gasteiger partial charge in [-0.2, -0.15) is 5.10 Å². The fraction of sp³-hybridized carbons (Fsp3) is 0.273. The predicted molar refractivity (Wildman–Crippen MR) is 59.8 cm³/mol. The molecule has 1 heterocycles.